The van der Waals surface area contributed by atoms with Crippen molar-refractivity contribution in [2.24, 2.45) is 0 Å². The molecule has 31 heavy (non-hydrogen) atoms. The molecule has 4 rings (SSSR count). The van der Waals surface area contributed by atoms with E-state index in [0.717, 1.165) is 11.6 Å². The Balaban J connectivity index is 1.78. The number of carboxylic acid groups (broad SMARTS) is 1. The predicted octanol–water partition coefficient (Wildman–Crippen LogP) is 1.86. The molecule has 1 atom stereocenters. The van der Waals surface area contributed by atoms with E-state index in [9.17, 15) is 14.7 Å². The van der Waals surface area contributed by atoms with Crippen LogP contribution in [-0.2, 0) is 13.0 Å². The molecule has 1 fully saturated rings. The Morgan fingerprint density at radius 1 is 1.35 bits per heavy atom. The number of benzene rings is 1. The van der Waals surface area contributed by atoms with Crippen LogP contribution in [0.1, 0.15) is 22.8 Å². The highest BCUT2D eigenvalue weighted by atomic mass is 19.1. The number of aromatic carboxylic acids is 1. The highest BCUT2D eigenvalue weighted by molar-refractivity contribution is 5.92. The molecule has 0 spiro atoms. The normalized spacial score (nSPS) is 16.6. The molecule has 1 aliphatic heterocycles. The summed E-state index contributed by atoms with van der Waals surface area (Å²) in [4.78, 5) is 30.4. The van der Waals surface area contributed by atoms with E-state index in [1.807, 2.05) is 36.1 Å². The van der Waals surface area contributed by atoms with Gasteiger partial charge in [0, 0.05) is 44.1 Å². The van der Waals surface area contributed by atoms with Gasteiger partial charge in [-0.3, -0.25) is 4.79 Å². The quantitative estimate of drug-likeness (QED) is 0.535. The Morgan fingerprint density at radius 3 is 2.77 bits per heavy atom. The number of halogens is 1. The van der Waals surface area contributed by atoms with Gasteiger partial charge in [0.2, 0.25) is 5.43 Å². The minimum Gasteiger partial charge on any atom is -0.477 e. The number of carbonyl (C=O) groups is 1. The molecule has 0 radical (unpaired) electrons. The van der Waals surface area contributed by atoms with Gasteiger partial charge in [-0.25, -0.2) is 14.2 Å². The highest BCUT2D eigenvalue weighted by Crippen LogP contribution is 2.25. The van der Waals surface area contributed by atoms with Crippen LogP contribution >= 0.6 is 0 Å². The number of rotatable bonds is 5. The first-order valence-corrected chi connectivity index (χ1v) is 10.2. The van der Waals surface area contributed by atoms with Gasteiger partial charge >= 0.3 is 5.97 Å². The summed E-state index contributed by atoms with van der Waals surface area (Å²) in [6.45, 7) is 4.09. The first-order chi connectivity index (χ1) is 14.9. The number of carboxylic acids is 1. The number of nitrogen functional groups attached to an aromatic ring is 1. The van der Waals surface area contributed by atoms with Crippen molar-refractivity contribution in [2.45, 2.75) is 25.9 Å². The molecule has 0 saturated carbocycles. The molecule has 1 saturated heterocycles. The number of anilines is 2. The summed E-state index contributed by atoms with van der Waals surface area (Å²) in [6.07, 6.45) is 1.94. The van der Waals surface area contributed by atoms with Gasteiger partial charge in [0.05, 0.1) is 5.39 Å². The van der Waals surface area contributed by atoms with Crippen LogP contribution in [0.3, 0.4) is 0 Å². The lowest BCUT2D eigenvalue weighted by atomic mass is 10.0. The van der Waals surface area contributed by atoms with E-state index in [0.29, 0.717) is 38.3 Å². The van der Waals surface area contributed by atoms with E-state index >= 15 is 4.39 Å². The second-order valence-corrected chi connectivity index (χ2v) is 7.63. The Hall–Kier alpha value is -3.46. The molecule has 162 valence electrons. The van der Waals surface area contributed by atoms with Crippen LogP contribution in [-0.4, -0.2) is 46.3 Å². The third-order valence-corrected chi connectivity index (χ3v) is 5.63. The van der Waals surface area contributed by atoms with Crippen LogP contribution in [0.25, 0.3) is 11.0 Å². The van der Waals surface area contributed by atoms with Crippen molar-refractivity contribution in [1.29, 1.82) is 0 Å². The van der Waals surface area contributed by atoms with Crippen LogP contribution < -0.4 is 21.4 Å². The fourth-order valence-electron chi connectivity index (χ4n) is 4.02. The third-order valence-electron chi connectivity index (χ3n) is 5.63. The van der Waals surface area contributed by atoms with Gasteiger partial charge in [-0.15, -0.1) is 0 Å². The van der Waals surface area contributed by atoms with Crippen molar-refractivity contribution in [3.05, 3.63) is 63.7 Å². The predicted molar refractivity (Wildman–Crippen MR) is 117 cm³/mol. The fraction of sp³-hybridized carbons (Fsp3) is 0.318. The number of hydrogen-bond donors (Lipinski definition) is 3. The number of nitrogens with one attached hydrogen (secondary N) is 1. The van der Waals surface area contributed by atoms with Gasteiger partial charge in [-0.1, -0.05) is 12.1 Å². The van der Waals surface area contributed by atoms with E-state index in [4.69, 9.17) is 5.73 Å². The molecule has 1 aromatic carbocycles. The number of aromatic nitrogens is 2. The van der Waals surface area contributed by atoms with Crippen LogP contribution in [0.5, 0.6) is 0 Å². The average Bonchev–Trinajstić information content (AvgIpc) is 2.76. The van der Waals surface area contributed by atoms with Crippen LogP contribution in [0, 0.1) is 5.82 Å². The molecule has 2 aromatic heterocycles. The van der Waals surface area contributed by atoms with E-state index in [1.165, 1.54) is 6.20 Å². The van der Waals surface area contributed by atoms with Gasteiger partial charge in [0.1, 0.15) is 11.2 Å². The highest BCUT2D eigenvalue weighted by Gasteiger charge is 2.27. The molecule has 0 aliphatic carbocycles. The molecule has 0 amide bonds. The van der Waals surface area contributed by atoms with E-state index in [2.05, 4.69) is 10.3 Å². The Labute approximate surface area is 178 Å². The lowest BCUT2D eigenvalue weighted by molar-refractivity contribution is 0.0695. The molecule has 4 N–H and O–H groups in total. The standard InChI is InChI=1S/C22H24FN5O3/c1-2-27-12-17(22(30)31)19(29)16-10-18(23)21(26-20(16)27)28-8-7-25-11-15(28)9-13-3-5-14(24)6-4-13/h3-6,10,12,15,25H,2,7-9,11,24H2,1H3,(H,30,31). The van der Waals surface area contributed by atoms with E-state index < -0.39 is 22.8 Å². The summed E-state index contributed by atoms with van der Waals surface area (Å²) >= 11 is 0. The van der Waals surface area contributed by atoms with Gasteiger partial charge < -0.3 is 25.6 Å². The summed E-state index contributed by atoms with van der Waals surface area (Å²) < 4.78 is 16.8. The number of hydrogen-bond acceptors (Lipinski definition) is 6. The van der Waals surface area contributed by atoms with Crippen LogP contribution in [0.2, 0.25) is 0 Å². The third kappa shape index (κ3) is 3.96. The number of aryl methyl sites for hydroxylation is 1. The lowest BCUT2D eigenvalue weighted by Crippen LogP contribution is -2.53. The first-order valence-electron chi connectivity index (χ1n) is 10.2. The number of nitrogens with two attached hydrogens (primary N) is 1. The van der Waals surface area contributed by atoms with Crippen molar-refractivity contribution in [3.8, 4) is 0 Å². The molecular formula is C22H24FN5O3. The Morgan fingerprint density at radius 2 is 2.10 bits per heavy atom. The first kappa shape index (κ1) is 20.8. The number of piperazine rings is 1. The molecule has 3 heterocycles. The zero-order valence-electron chi connectivity index (χ0n) is 17.1. The second-order valence-electron chi connectivity index (χ2n) is 7.63. The van der Waals surface area contributed by atoms with E-state index in [1.54, 1.807) is 4.57 Å². The summed E-state index contributed by atoms with van der Waals surface area (Å²) in [5.41, 5.74) is 6.68. The SMILES string of the molecule is CCn1cc(C(=O)O)c(=O)c2cc(F)c(N3CCNCC3Cc3ccc(N)cc3)nc21. The summed E-state index contributed by atoms with van der Waals surface area (Å²) in [6, 6.07) is 8.65. The van der Waals surface area contributed by atoms with Crippen molar-refractivity contribution in [2.75, 3.05) is 30.3 Å². The van der Waals surface area contributed by atoms with Gasteiger partial charge in [0.15, 0.2) is 11.6 Å². The Kier molecular flexibility index (Phi) is 5.60. The zero-order chi connectivity index (χ0) is 22.1. The van der Waals surface area contributed by atoms with Gasteiger partial charge in [-0.2, -0.15) is 0 Å². The number of nitrogens with zero attached hydrogens (tertiary/aromatic N) is 3. The largest absolute Gasteiger partial charge is 0.477 e. The molecule has 1 unspecified atom stereocenters. The molecule has 8 nitrogen and oxygen atoms in total. The fourth-order valence-corrected chi connectivity index (χ4v) is 4.02. The molecule has 0 bridgehead atoms. The number of pyridine rings is 2. The lowest BCUT2D eigenvalue weighted by Gasteiger charge is -2.37. The minimum absolute atomic E-state index is 0.0341. The van der Waals surface area contributed by atoms with Gasteiger partial charge in [0.25, 0.3) is 0 Å². The summed E-state index contributed by atoms with van der Waals surface area (Å²) in [7, 11) is 0. The second kappa shape index (κ2) is 8.35. The minimum atomic E-state index is -1.34. The van der Waals surface area contributed by atoms with Crippen LogP contribution in [0.15, 0.2) is 41.3 Å². The molecule has 9 heteroatoms. The van der Waals surface area contributed by atoms with E-state index in [-0.39, 0.29) is 22.9 Å². The van der Waals surface area contributed by atoms with Crippen LogP contribution in [0.4, 0.5) is 15.9 Å². The average molecular weight is 425 g/mol. The zero-order valence-corrected chi connectivity index (χ0v) is 17.1. The monoisotopic (exact) mass is 425 g/mol. The maximum absolute atomic E-state index is 15.2. The van der Waals surface area contributed by atoms with Crippen molar-refractivity contribution < 1.29 is 14.3 Å². The molecule has 3 aromatic rings. The van der Waals surface area contributed by atoms with Gasteiger partial charge in [-0.05, 0) is 37.1 Å². The van der Waals surface area contributed by atoms with Crippen molar-refractivity contribution in [3.63, 3.8) is 0 Å². The Bertz CT molecular complexity index is 1190. The maximum atomic E-state index is 15.2. The summed E-state index contributed by atoms with van der Waals surface area (Å²) in [5, 5.41) is 12.6. The molecule has 1 aliphatic rings. The van der Waals surface area contributed by atoms with Crippen molar-refractivity contribution in [1.82, 2.24) is 14.9 Å². The number of fused-ring (bicyclic) bond motifs is 1. The van der Waals surface area contributed by atoms with Crippen molar-refractivity contribution >= 4 is 28.5 Å². The molecular weight excluding hydrogens is 401 g/mol. The summed E-state index contributed by atoms with van der Waals surface area (Å²) in [5.74, 6) is -1.82. The smallest absolute Gasteiger partial charge is 0.341 e. The maximum Gasteiger partial charge on any atom is 0.341 e. The topological polar surface area (TPSA) is 113 Å².